The number of aromatic nitrogens is 3. The summed E-state index contributed by atoms with van der Waals surface area (Å²) < 4.78 is 2.19. The van der Waals surface area contributed by atoms with Crippen LogP contribution in [0.4, 0.5) is 5.69 Å². The summed E-state index contributed by atoms with van der Waals surface area (Å²) in [7, 11) is 2.10. The second kappa shape index (κ2) is 7.00. The van der Waals surface area contributed by atoms with Crippen molar-refractivity contribution in [2.24, 2.45) is 12.8 Å². The van der Waals surface area contributed by atoms with Gasteiger partial charge in [-0.25, -0.2) is 0 Å². The molecule has 1 aliphatic carbocycles. The zero-order valence-corrected chi connectivity index (χ0v) is 16.1. The number of benzene rings is 1. The minimum absolute atomic E-state index is 0.346. The molecule has 1 saturated heterocycles. The van der Waals surface area contributed by atoms with Crippen molar-refractivity contribution >= 4 is 5.69 Å². The van der Waals surface area contributed by atoms with Gasteiger partial charge in [0.15, 0.2) is 0 Å². The van der Waals surface area contributed by atoms with Crippen molar-refractivity contribution in [1.29, 1.82) is 0 Å². The summed E-state index contributed by atoms with van der Waals surface area (Å²) in [6.45, 7) is 9.49. The van der Waals surface area contributed by atoms with Gasteiger partial charge in [0.1, 0.15) is 11.6 Å². The van der Waals surface area contributed by atoms with Gasteiger partial charge in [-0.05, 0) is 43.9 Å². The van der Waals surface area contributed by atoms with Crippen LogP contribution < -0.4 is 10.6 Å². The van der Waals surface area contributed by atoms with Crippen molar-refractivity contribution in [3.63, 3.8) is 0 Å². The van der Waals surface area contributed by atoms with E-state index in [4.69, 9.17) is 5.73 Å². The molecule has 0 radical (unpaired) electrons. The lowest BCUT2D eigenvalue weighted by Gasteiger charge is -2.36. The first kappa shape index (κ1) is 17.5. The number of rotatable bonds is 4. The third kappa shape index (κ3) is 3.35. The second-order valence-corrected chi connectivity index (χ2v) is 8.01. The van der Waals surface area contributed by atoms with Crippen molar-refractivity contribution in [2.75, 3.05) is 31.1 Å². The molecule has 0 unspecified atom stereocenters. The molecule has 1 aromatic carbocycles. The lowest BCUT2D eigenvalue weighted by Crippen LogP contribution is -2.46. The van der Waals surface area contributed by atoms with Gasteiger partial charge in [-0.3, -0.25) is 4.90 Å². The highest BCUT2D eigenvalue weighted by Gasteiger charge is 2.31. The van der Waals surface area contributed by atoms with E-state index in [0.717, 1.165) is 57.2 Å². The van der Waals surface area contributed by atoms with Crippen molar-refractivity contribution in [1.82, 2.24) is 19.7 Å². The second-order valence-electron chi connectivity index (χ2n) is 8.01. The molecule has 6 heteroatoms. The molecule has 0 atom stereocenters. The topological polar surface area (TPSA) is 63.2 Å². The van der Waals surface area contributed by atoms with E-state index in [1.807, 2.05) is 0 Å². The van der Waals surface area contributed by atoms with Crippen LogP contribution in [0.3, 0.4) is 0 Å². The molecule has 26 heavy (non-hydrogen) atoms. The average Bonchev–Trinajstić information content (AvgIpc) is 2.95. The monoisotopic (exact) mass is 354 g/mol. The standard InChI is InChI=1S/C20H30N6/c1-14-4-5-15(2)18(10-14)26-8-6-25(7-9-26)13-19-22-23-20(24(19)3)16-11-17(21)12-16/h4-5,10,16-17H,6-9,11-13,21H2,1-3H3. The van der Waals surface area contributed by atoms with Crippen molar-refractivity contribution in [3.05, 3.63) is 41.0 Å². The number of nitrogens with zero attached hydrogens (tertiary/aromatic N) is 5. The Kier molecular flexibility index (Phi) is 4.71. The molecule has 1 aromatic heterocycles. The molecule has 6 nitrogen and oxygen atoms in total. The molecule has 2 aromatic rings. The van der Waals surface area contributed by atoms with Gasteiger partial charge in [-0.1, -0.05) is 12.1 Å². The summed E-state index contributed by atoms with van der Waals surface area (Å²) in [5, 5.41) is 8.90. The molecular formula is C20H30N6. The molecule has 2 heterocycles. The Balaban J connectivity index is 1.36. The van der Waals surface area contributed by atoms with E-state index in [0.29, 0.717) is 12.0 Å². The molecule has 2 aliphatic rings. The largest absolute Gasteiger partial charge is 0.369 e. The fourth-order valence-electron chi connectivity index (χ4n) is 4.15. The average molecular weight is 355 g/mol. The number of hydrogen-bond donors (Lipinski definition) is 1. The number of nitrogens with two attached hydrogens (primary N) is 1. The first-order chi connectivity index (χ1) is 12.5. The van der Waals surface area contributed by atoms with Crippen LogP contribution in [-0.4, -0.2) is 51.9 Å². The summed E-state index contributed by atoms with van der Waals surface area (Å²) in [5.74, 6) is 2.67. The first-order valence-corrected chi connectivity index (χ1v) is 9.69. The lowest BCUT2D eigenvalue weighted by atomic mass is 9.80. The van der Waals surface area contributed by atoms with Crippen LogP contribution in [0.25, 0.3) is 0 Å². The van der Waals surface area contributed by atoms with E-state index in [2.05, 4.69) is 63.7 Å². The Bertz CT molecular complexity index is 769. The maximum Gasteiger partial charge on any atom is 0.146 e. The normalized spacial score (nSPS) is 23.9. The molecule has 0 amide bonds. The van der Waals surface area contributed by atoms with E-state index in [1.165, 1.54) is 16.8 Å². The van der Waals surface area contributed by atoms with Crippen LogP contribution >= 0.6 is 0 Å². The summed E-state index contributed by atoms with van der Waals surface area (Å²) in [6.07, 6.45) is 2.08. The van der Waals surface area contributed by atoms with Gasteiger partial charge in [0.2, 0.25) is 0 Å². The number of hydrogen-bond acceptors (Lipinski definition) is 5. The molecule has 140 valence electrons. The minimum atomic E-state index is 0.346. The number of piperazine rings is 1. The fraction of sp³-hybridized carbons (Fsp3) is 0.600. The Morgan fingerprint density at radius 3 is 2.50 bits per heavy atom. The highest BCUT2D eigenvalue weighted by atomic mass is 15.3. The quantitative estimate of drug-likeness (QED) is 0.909. The van der Waals surface area contributed by atoms with Crippen LogP contribution in [-0.2, 0) is 13.6 Å². The van der Waals surface area contributed by atoms with Gasteiger partial charge < -0.3 is 15.2 Å². The van der Waals surface area contributed by atoms with Crippen molar-refractivity contribution < 1.29 is 0 Å². The zero-order valence-electron chi connectivity index (χ0n) is 16.1. The van der Waals surface area contributed by atoms with Gasteiger partial charge in [0, 0.05) is 50.9 Å². The highest BCUT2D eigenvalue weighted by molar-refractivity contribution is 5.55. The van der Waals surface area contributed by atoms with Gasteiger partial charge in [-0.15, -0.1) is 10.2 Å². The lowest BCUT2D eigenvalue weighted by molar-refractivity contribution is 0.240. The highest BCUT2D eigenvalue weighted by Crippen LogP contribution is 2.34. The SMILES string of the molecule is Cc1ccc(C)c(N2CCN(Cc3nnc(C4CC(N)C4)n3C)CC2)c1. The van der Waals surface area contributed by atoms with E-state index in [9.17, 15) is 0 Å². The maximum absolute atomic E-state index is 5.92. The summed E-state index contributed by atoms with van der Waals surface area (Å²) in [5.41, 5.74) is 10.00. The molecular weight excluding hydrogens is 324 g/mol. The molecule has 2 N–H and O–H groups in total. The summed E-state index contributed by atoms with van der Waals surface area (Å²) in [6, 6.07) is 7.07. The predicted molar refractivity (Wildman–Crippen MR) is 104 cm³/mol. The van der Waals surface area contributed by atoms with Crippen LogP contribution in [0.5, 0.6) is 0 Å². The predicted octanol–water partition coefficient (Wildman–Crippen LogP) is 1.96. The Labute approximate surface area is 156 Å². The molecule has 4 rings (SSSR count). The van der Waals surface area contributed by atoms with Crippen LogP contribution in [0.15, 0.2) is 18.2 Å². The molecule has 0 bridgehead atoms. The summed E-state index contributed by atoms with van der Waals surface area (Å²) >= 11 is 0. The zero-order chi connectivity index (χ0) is 18.3. The first-order valence-electron chi connectivity index (χ1n) is 9.69. The van der Waals surface area contributed by atoms with E-state index in [-0.39, 0.29) is 0 Å². The van der Waals surface area contributed by atoms with Gasteiger partial charge in [0.25, 0.3) is 0 Å². The minimum Gasteiger partial charge on any atom is -0.369 e. The van der Waals surface area contributed by atoms with E-state index >= 15 is 0 Å². The Morgan fingerprint density at radius 1 is 1.08 bits per heavy atom. The third-order valence-electron chi connectivity index (χ3n) is 5.98. The molecule has 1 saturated carbocycles. The summed E-state index contributed by atoms with van der Waals surface area (Å²) in [4.78, 5) is 5.00. The van der Waals surface area contributed by atoms with Crippen LogP contribution in [0.2, 0.25) is 0 Å². The number of aryl methyl sites for hydroxylation is 2. The fourth-order valence-corrected chi connectivity index (χ4v) is 4.15. The Hall–Kier alpha value is -1.92. The molecule has 2 fully saturated rings. The molecule has 0 spiro atoms. The van der Waals surface area contributed by atoms with E-state index in [1.54, 1.807) is 0 Å². The van der Waals surface area contributed by atoms with Crippen molar-refractivity contribution in [2.45, 2.75) is 45.2 Å². The maximum atomic E-state index is 5.92. The number of anilines is 1. The van der Waals surface area contributed by atoms with Crippen molar-refractivity contribution in [3.8, 4) is 0 Å². The smallest absolute Gasteiger partial charge is 0.146 e. The van der Waals surface area contributed by atoms with Gasteiger partial charge in [-0.2, -0.15) is 0 Å². The molecule has 1 aliphatic heterocycles. The van der Waals surface area contributed by atoms with Gasteiger partial charge >= 0.3 is 0 Å². The van der Waals surface area contributed by atoms with Crippen LogP contribution in [0.1, 0.15) is 41.5 Å². The van der Waals surface area contributed by atoms with E-state index < -0.39 is 0 Å². The van der Waals surface area contributed by atoms with Crippen LogP contribution in [0, 0.1) is 13.8 Å². The van der Waals surface area contributed by atoms with Gasteiger partial charge in [0.05, 0.1) is 6.54 Å². The Morgan fingerprint density at radius 2 is 1.81 bits per heavy atom. The third-order valence-corrected chi connectivity index (χ3v) is 5.98.